The molecule has 8 heteroatoms. The molecule has 0 radical (unpaired) electrons. The van der Waals surface area contributed by atoms with Gasteiger partial charge in [-0.2, -0.15) is 5.26 Å². The molecule has 0 spiro atoms. The summed E-state index contributed by atoms with van der Waals surface area (Å²) in [6, 6.07) is 6.94. The molecule has 0 atom stereocenters. The predicted molar refractivity (Wildman–Crippen MR) is 97.2 cm³/mol. The molecule has 0 saturated heterocycles. The molecule has 8 nitrogen and oxygen atoms in total. The third-order valence-corrected chi connectivity index (χ3v) is 3.50. The Balaban J connectivity index is 2.98. The average molecular weight is 363 g/mol. The topological polar surface area (TPSA) is 93.1 Å². The fraction of sp³-hybridized carbons (Fsp3) is 0.444. The summed E-state index contributed by atoms with van der Waals surface area (Å²) in [5.74, 6) is 0.483. The maximum Gasteiger partial charge on any atom is 0.267 e. The highest BCUT2D eigenvalue weighted by Gasteiger charge is 2.15. The molecule has 0 heterocycles. The van der Waals surface area contributed by atoms with Crippen LogP contribution in [0.3, 0.4) is 0 Å². The molecule has 0 fully saturated rings. The van der Waals surface area contributed by atoms with E-state index in [1.54, 1.807) is 37.3 Å². The summed E-state index contributed by atoms with van der Waals surface area (Å²) in [6.45, 7) is 1.98. The summed E-state index contributed by atoms with van der Waals surface area (Å²) in [7, 11) is 6.20. The highest BCUT2D eigenvalue weighted by molar-refractivity contribution is 6.07. The zero-order valence-corrected chi connectivity index (χ0v) is 15.6. The number of anilines is 1. The van der Waals surface area contributed by atoms with Crippen LogP contribution in [0.4, 0.5) is 5.69 Å². The lowest BCUT2D eigenvalue weighted by atomic mass is 10.2. The van der Waals surface area contributed by atoms with E-state index in [9.17, 15) is 10.1 Å². The summed E-state index contributed by atoms with van der Waals surface area (Å²) in [4.78, 5) is 14.3. The molecule has 1 aromatic carbocycles. The molecule has 0 bridgehead atoms. The van der Waals surface area contributed by atoms with Gasteiger partial charge >= 0.3 is 0 Å². The summed E-state index contributed by atoms with van der Waals surface area (Å²) in [5.41, 5.74) is 0.375. The molecule has 0 aliphatic carbocycles. The van der Waals surface area contributed by atoms with Crippen molar-refractivity contribution in [3.05, 3.63) is 30.0 Å². The monoisotopic (exact) mass is 363 g/mol. The number of rotatable bonds is 11. The van der Waals surface area contributed by atoms with Gasteiger partial charge in [0.1, 0.15) is 23.1 Å². The van der Waals surface area contributed by atoms with Gasteiger partial charge in [-0.25, -0.2) is 0 Å². The van der Waals surface area contributed by atoms with Crippen molar-refractivity contribution in [1.29, 1.82) is 5.26 Å². The Hall–Kier alpha value is -2.76. The van der Waals surface area contributed by atoms with Gasteiger partial charge in [-0.05, 0) is 12.1 Å². The second kappa shape index (κ2) is 11.7. The Kier molecular flexibility index (Phi) is 9.61. The smallest absolute Gasteiger partial charge is 0.267 e. The number of ether oxygens (including phenoxy) is 4. The number of nitrogens with zero attached hydrogens (tertiary/aromatic N) is 2. The van der Waals surface area contributed by atoms with Gasteiger partial charge < -0.3 is 29.2 Å². The highest BCUT2D eigenvalue weighted by Crippen LogP contribution is 2.29. The third kappa shape index (κ3) is 6.63. The second-order valence-corrected chi connectivity index (χ2v) is 5.20. The Morgan fingerprint density at radius 2 is 1.81 bits per heavy atom. The first-order chi connectivity index (χ1) is 12.6. The van der Waals surface area contributed by atoms with E-state index in [1.807, 2.05) is 6.07 Å². The quantitative estimate of drug-likeness (QED) is 0.472. The van der Waals surface area contributed by atoms with Gasteiger partial charge in [0, 0.05) is 39.6 Å². The average Bonchev–Trinajstić information content (AvgIpc) is 2.67. The lowest BCUT2D eigenvalue weighted by Crippen LogP contribution is -2.27. The summed E-state index contributed by atoms with van der Waals surface area (Å²) in [5, 5.41) is 12.1. The number of nitriles is 1. The van der Waals surface area contributed by atoms with E-state index in [0.29, 0.717) is 43.5 Å². The standard InChI is InChI=1S/C18H25N3O5/c1-23-9-7-21(8-10-24-2)13-14(12-19)18(22)20-16-11-15(25-3)5-6-17(16)26-4/h5-6,11,13H,7-10H2,1-4H3,(H,20,22)/b14-13-. The van der Waals surface area contributed by atoms with E-state index >= 15 is 0 Å². The van der Waals surface area contributed by atoms with Crippen molar-refractivity contribution in [1.82, 2.24) is 4.90 Å². The second-order valence-electron chi connectivity index (χ2n) is 5.20. The SMILES string of the molecule is COCCN(/C=C(/C#N)C(=O)Nc1cc(OC)ccc1OC)CCOC. The van der Waals surface area contributed by atoms with Crippen LogP contribution in [-0.4, -0.2) is 65.5 Å². The first-order valence-electron chi connectivity index (χ1n) is 7.96. The molecule has 142 valence electrons. The zero-order chi connectivity index (χ0) is 19.4. The Bertz CT molecular complexity index is 647. The lowest BCUT2D eigenvalue weighted by molar-refractivity contribution is -0.112. The van der Waals surface area contributed by atoms with Crippen molar-refractivity contribution >= 4 is 11.6 Å². The van der Waals surface area contributed by atoms with Gasteiger partial charge in [0.05, 0.1) is 33.1 Å². The predicted octanol–water partition coefficient (Wildman–Crippen LogP) is 1.64. The number of carbonyl (C=O) groups excluding carboxylic acids is 1. The number of methoxy groups -OCH3 is 4. The molecular weight excluding hydrogens is 338 g/mol. The molecule has 0 unspecified atom stereocenters. The number of nitrogens with one attached hydrogen (secondary N) is 1. The number of carbonyl (C=O) groups is 1. The van der Waals surface area contributed by atoms with Crippen molar-refractivity contribution in [2.75, 3.05) is 60.1 Å². The highest BCUT2D eigenvalue weighted by atomic mass is 16.5. The third-order valence-electron chi connectivity index (χ3n) is 3.50. The van der Waals surface area contributed by atoms with E-state index in [0.717, 1.165) is 0 Å². The molecule has 1 N–H and O–H groups in total. The molecule has 0 aromatic heterocycles. The summed E-state index contributed by atoms with van der Waals surface area (Å²) >= 11 is 0. The van der Waals surface area contributed by atoms with Crippen molar-refractivity contribution in [3.63, 3.8) is 0 Å². The van der Waals surface area contributed by atoms with Crippen LogP contribution >= 0.6 is 0 Å². The van der Waals surface area contributed by atoms with E-state index in [1.165, 1.54) is 20.4 Å². The maximum absolute atomic E-state index is 12.5. The van der Waals surface area contributed by atoms with Gasteiger partial charge in [-0.15, -0.1) is 0 Å². The molecule has 1 amide bonds. The summed E-state index contributed by atoms with van der Waals surface area (Å²) in [6.07, 6.45) is 1.50. The fourth-order valence-corrected chi connectivity index (χ4v) is 2.08. The van der Waals surface area contributed by atoms with Crippen LogP contribution in [0.25, 0.3) is 0 Å². The largest absolute Gasteiger partial charge is 0.497 e. The van der Waals surface area contributed by atoms with Gasteiger partial charge in [-0.3, -0.25) is 4.79 Å². The number of hydrogen-bond acceptors (Lipinski definition) is 7. The van der Waals surface area contributed by atoms with Crippen LogP contribution in [0.2, 0.25) is 0 Å². The van der Waals surface area contributed by atoms with Gasteiger partial charge in [0.15, 0.2) is 0 Å². The van der Waals surface area contributed by atoms with Gasteiger partial charge in [0.25, 0.3) is 5.91 Å². The van der Waals surface area contributed by atoms with Crippen LogP contribution in [0, 0.1) is 11.3 Å². The van der Waals surface area contributed by atoms with Crippen molar-refractivity contribution < 1.29 is 23.7 Å². The maximum atomic E-state index is 12.5. The minimum Gasteiger partial charge on any atom is -0.497 e. The Labute approximate surface area is 153 Å². The number of hydrogen-bond donors (Lipinski definition) is 1. The normalized spacial score (nSPS) is 10.8. The van der Waals surface area contributed by atoms with E-state index in [4.69, 9.17) is 18.9 Å². The van der Waals surface area contributed by atoms with Crippen molar-refractivity contribution in [2.24, 2.45) is 0 Å². The van der Waals surface area contributed by atoms with E-state index in [2.05, 4.69) is 5.32 Å². The molecule has 0 saturated carbocycles. The van der Waals surface area contributed by atoms with Crippen LogP contribution in [0.15, 0.2) is 30.0 Å². The van der Waals surface area contributed by atoms with Crippen LogP contribution < -0.4 is 14.8 Å². The van der Waals surface area contributed by atoms with Gasteiger partial charge in [-0.1, -0.05) is 0 Å². The Morgan fingerprint density at radius 3 is 2.31 bits per heavy atom. The van der Waals surface area contributed by atoms with Gasteiger partial charge in [0.2, 0.25) is 0 Å². The van der Waals surface area contributed by atoms with Crippen molar-refractivity contribution in [3.8, 4) is 17.6 Å². The van der Waals surface area contributed by atoms with Crippen LogP contribution in [0.5, 0.6) is 11.5 Å². The zero-order valence-electron chi connectivity index (χ0n) is 15.6. The number of benzene rings is 1. The first kappa shape index (κ1) is 21.3. The molecule has 1 aromatic rings. The molecule has 26 heavy (non-hydrogen) atoms. The molecular formula is C18H25N3O5. The summed E-state index contributed by atoms with van der Waals surface area (Å²) < 4.78 is 20.5. The minimum absolute atomic E-state index is 0.0397. The molecule has 0 aliphatic heterocycles. The number of amides is 1. The lowest BCUT2D eigenvalue weighted by Gasteiger charge is -2.20. The van der Waals surface area contributed by atoms with Crippen LogP contribution in [0.1, 0.15) is 0 Å². The molecule has 1 rings (SSSR count). The molecule has 0 aliphatic rings. The van der Waals surface area contributed by atoms with E-state index < -0.39 is 5.91 Å². The fourth-order valence-electron chi connectivity index (χ4n) is 2.08. The van der Waals surface area contributed by atoms with Crippen LogP contribution in [-0.2, 0) is 14.3 Å². The first-order valence-corrected chi connectivity index (χ1v) is 7.96. The Morgan fingerprint density at radius 1 is 1.15 bits per heavy atom. The van der Waals surface area contributed by atoms with Crippen molar-refractivity contribution in [2.45, 2.75) is 0 Å². The minimum atomic E-state index is -0.543. The van der Waals surface area contributed by atoms with E-state index in [-0.39, 0.29) is 5.57 Å².